The Morgan fingerprint density at radius 1 is 1.32 bits per heavy atom. The zero-order valence-electron chi connectivity index (χ0n) is 13.1. The second-order valence-electron chi connectivity index (χ2n) is 6.24. The van der Waals surface area contributed by atoms with Crippen molar-refractivity contribution >= 4 is 11.7 Å². The lowest BCUT2D eigenvalue weighted by Crippen LogP contribution is -2.37. The molecule has 22 heavy (non-hydrogen) atoms. The molecule has 1 aromatic carbocycles. The summed E-state index contributed by atoms with van der Waals surface area (Å²) in [6.07, 6.45) is 4.87. The fourth-order valence-electron chi connectivity index (χ4n) is 2.78. The number of rotatable bonds is 5. The molecule has 2 aliphatic rings. The second-order valence-corrected chi connectivity index (χ2v) is 6.24. The van der Waals surface area contributed by atoms with Crippen LogP contribution in [0.15, 0.2) is 24.3 Å². The molecule has 1 aliphatic carbocycles. The molecule has 2 amide bonds. The number of benzene rings is 1. The molecule has 1 N–H and O–H groups in total. The van der Waals surface area contributed by atoms with E-state index in [9.17, 15) is 4.79 Å². The van der Waals surface area contributed by atoms with Crippen LogP contribution in [0, 0.1) is 5.92 Å². The summed E-state index contributed by atoms with van der Waals surface area (Å²) < 4.78 is 11.1. The van der Waals surface area contributed by atoms with Crippen molar-refractivity contribution in [2.24, 2.45) is 5.92 Å². The van der Waals surface area contributed by atoms with Gasteiger partial charge >= 0.3 is 6.03 Å². The van der Waals surface area contributed by atoms with E-state index in [2.05, 4.69) is 5.32 Å². The smallest absolute Gasteiger partial charge is 0.321 e. The molecule has 1 aromatic rings. The first kappa shape index (κ1) is 15.2. The number of nitrogens with zero attached hydrogens (tertiary/aromatic N) is 1. The molecule has 0 aromatic heterocycles. The number of nitrogens with one attached hydrogen (secondary N) is 1. The molecule has 120 valence electrons. The van der Waals surface area contributed by atoms with Crippen LogP contribution in [0.25, 0.3) is 0 Å². The lowest BCUT2D eigenvalue weighted by Gasteiger charge is -2.30. The molecule has 2 fully saturated rings. The van der Waals surface area contributed by atoms with Crippen molar-refractivity contribution in [2.45, 2.75) is 31.8 Å². The molecule has 5 nitrogen and oxygen atoms in total. The van der Waals surface area contributed by atoms with Crippen molar-refractivity contribution < 1.29 is 14.3 Å². The molecule has 0 unspecified atom stereocenters. The van der Waals surface area contributed by atoms with Crippen LogP contribution in [-0.2, 0) is 4.74 Å². The van der Waals surface area contributed by atoms with Crippen LogP contribution in [0.2, 0.25) is 0 Å². The number of carbonyl (C=O) groups excluding carboxylic acids is 1. The Morgan fingerprint density at radius 3 is 2.68 bits per heavy atom. The van der Waals surface area contributed by atoms with Gasteiger partial charge in [0.2, 0.25) is 0 Å². The van der Waals surface area contributed by atoms with E-state index in [0.29, 0.717) is 12.5 Å². The maximum Gasteiger partial charge on any atom is 0.321 e. The fourth-order valence-corrected chi connectivity index (χ4v) is 2.78. The van der Waals surface area contributed by atoms with E-state index in [-0.39, 0.29) is 12.1 Å². The number of ether oxygens (including phenoxy) is 2. The van der Waals surface area contributed by atoms with E-state index in [1.807, 2.05) is 31.3 Å². The Morgan fingerprint density at radius 2 is 2.09 bits per heavy atom. The molecule has 0 radical (unpaired) electrons. The van der Waals surface area contributed by atoms with Crippen LogP contribution < -0.4 is 10.1 Å². The van der Waals surface area contributed by atoms with E-state index in [4.69, 9.17) is 9.47 Å². The van der Waals surface area contributed by atoms with Gasteiger partial charge in [0, 0.05) is 25.7 Å². The summed E-state index contributed by atoms with van der Waals surface area (Å²) in [6, 6.07) is 7.48. The van der Waals surface area contributed by atoms with Crippen molar-refractivity contribution in [2.75, 3.05) is 32.1 Å². The van der Waals surface area contributed by atoms with E-state index < -0.39 is 0 Å². The fraction of sp³-hybridized carbons (Fsp3) is 0.588. The Labute approximate surface area is 131 Å². The molecular formula is C17H24N2O3. The third kappa shape index (κ3) is 3.91. The monoisotopic (exact) mass is 304 g/mol. The number of hydrogen-bond donors (Lipinski definition) is 1. The van der Waals surface area contributed by atoms with Crippen LogP contribution in [-0.4, -0.2) is 43.8 Å². The van der Waals surface area contributed by atoms with Crippen LogP contribution >= 0.6 is 0 Å². The van der Waals surface area contributed by atoms with Gasteiger partial charge in [-0.1, -0.05) is 6.42 Å². The molecular weight excluding hydrogens is 280 g/mol. The Kier molecular flexibility index (Phi) is 4.83. The highest BCUT2D eigenvalue weighted by molar-refractivity contribution is 5.89. The number of hydrogen-bond acceptors (Lipinski definition) is 3. The van der Waals surface area contributed by atoms with E-state index in [1.54, 1.807) is 4.90 Å². The minimum absolute atomic E-state index is 0.0511. The third-order valence-corrected chi connectivity index (χ3v) is 4.40. The van der Waals surface area contributed by atoms with E-state index >= 15 is 0 Å². The van der Waals surface area contributed by atoms with Crippen molar-refractivity contribution in [1.29, 1.82) is 0 Å². The lowest BCUT2D eigenvalue weighted by atomic mass is 9.85. The van der Waals surface area contributed by atoms with E-state index in [1.165, 1.54) is 19.3 Å². The van der Waals surface area contributed by atoms with Crippen LogP contribution in [0.4, 0.5) is 10.5 Å². The van der Waals surface area contributed by atoms with Gasteiger partial charge in [-0.3, -0.25) is 0 Å². The molecule has 1 aliphatic heterocycles. The molecule has 0 spiro atoms. The van der Waals surface area contributed by atoms with Crippen LogP contribution in [0.5, 0.6) is 5.75 Å². The summed E-state index contributed by atoms with van der Waals surface area (Å²) in [5.41, 5.74) is 0.792. The van der Waals surface area contributed by atoms with Crippen molar-refractivity contribution in [3.05, 3.63) is 24.3 Å². The van der Waals surface area contributed by atoms with Gasteiger partial charge in [-0.15, -0.1) is 0 Å². The van der Waals surface area contributed by atoms with Crippen molar-refractivity contribution in [3.8, 4) is 5.75 Å². The highest BCUT2D eigenvalue weighted by Crippen LogP contribution is 2.27. The molecule has 0 bridgehead atoms. The quantitative estimate of drug-likeness (QED) is 0.909. The van der Waals surface area contributed by atoms with Gasteiger partial charge in [-0.25, -0.2) is 4.79 Å². The van der Waals surface area contributed by atoms with Gasteiger partial charge in [0.05, 0.1) is 13.2 Å². The van der Waals surface area contributed by atoms with Gasteiger partial charge in [-0.05, 0) is 43.0 Å². The maximum absolute atomic E-state index is 12.1. The standard InChI is InChI=1S/C17H24N2O3/c1-19(11-13-3-2-4-13)17(20)18-14-5-7-15(8-6-14)22-16-9-10-21-12-16/h5-8,13,16H,2-4,9-12H2,1H3,(H,18,20)/t16-/m0/s1. The minimum Gasteiger partial charge on any atom is -0.488 e. The average molecular weight is 304 g/mol. The van der Waals surface area contributed by atoms with Gasteiger partial charge in [0.1, 0.15) is 11.9 Å². The van der Waals surface area contributed by atoms with Crippen molar-refractivity contribution in [1.82, 2.24) is 4.90 Å². The van der Waals surface area contributed by atoms with E-state index in [0.717, 1.165) is 31.0 Å². The minimum atomic E-state index is -0.0511. The van der Waals surface area contributed by atoms with Crippen LogP contribution in [0.3, 0.4) is 0 Å². The predicted octanol–water partition coefficient (Wildman–Crippen LogP) is 3.12. The first-order chi connectivity index (χ1) is 10.7. The first-order valence-corrected chi connectivity index (χ1v) is 8.07. The normalized spacial score (nSPS) is 21.2. The van der Waals surface area contributed by atoms with Gasteiger partial charge < -0.3 is 19.7 Å². The highest BCUT2D eigenvalue weighted by atomic mass is 16.5. The molecule has 1 atom stereocenters. The summed E-state index contributed by atoms with van der Waals surface area (Å²) in [5, 5.41) is 2.92. The summed E-state index contributed by atoms with van der Waals surface area (Å²) in [6.45, 7) is 2.27. The molecule has 1 saturated heterocycles. The van der Waals surface area contributed by atoms with Gasteiger partial charge in [-0.2, -0.15) is 0 Å². The Hall–Kier alpha value is -1.75. The number of carbonyl (C=O) groups is 1. The topological polar surface area (TPSA) is 50.8 Å². The Bertz CT molecular complexity index is 493. The first-order valence-electron chi connectivity index (χ1n) is 8.07. The zero-order chi connectivity index (χ0) is 15.4. The SMILES string of the molecule is CN(CC1CCC1)C(=O)Nc1ccc(O[C@H]2CCOC2)cc1. The van der Waals surface area contributed by atoms with Crippen molar-refractivity contribution in [3.63, 3.8) is 0 Å². The largest absolute Gasteiger partial charge is 0.488 e. The summed E-state index contributed by atoms with van der Waals surface area (Å²) in [5.74, 6) is 1.50. The molecule has 1 heterocycles. The second kappa shape index (κ2) is 7.01. The number of urea groups is 1. The molecule has 3 rings (SSSR count). The Balaban J connectivity index is 1.48. The molecule has 1 saturated carbocycles. The van der Waals surface area contributed by atoms with Gasteiger partial charge in [0.15, 0.2) is 0 Å². The average Bonchev–Trinajstić information content (AvgIpc) is 2.97. The van der Waals surface area contributed by atoms with Crippen LogP contribution in [0.1, 0.15) is 25.7 Å². The maximum atomic E-state index is 12.1. The predicted molar refractivity (Wildman–Crippen MR) is 85.3 cm³/mol. The van der Waals surface area contributed by atoms with Gasteiger partial charge in [0.25, 0.3) is 0 Å². The number of amides is 2. The summed E-state index contributed by atoms with van der Waals surface area (Å²) in [7, 11) is 1.85. The third-order valence-electron chi connectivity index (χ3n) is 4.40. The molecule has 5 heteroatoms. The summed E-state index contributed by atoms with van der Waals surface area (Å²) >= 11 is 0. The number of anilines is 1. The summed E-state index contributed by atoms with van der Waals surface area (Å²) in [4.78, 5) is 13.9. The highest BCUT2D eigenvalue weighted by Gasteiger charge is 2.21. The zero-order valence-corrected chi connectivity index (χ0v) is 13.1. The lowest BCUT2D eigenvalue weighted by molar-refractivity contribution is 0.141.